The minimum Gasteiger partial charge on any atom is -0.454 e. The van der Waals surface area contributed by atoms with Gasteiger partial charge in [-0.2, -0.15) is 0 Å². The lowest BCUT2D eigenvalue weighted by atomic mass is 10.1. The van der Waals surface area contributed by atoms with Crippen LogP contribution in [0, 0.1) is 0 Å². The molecule has 0 bridgehead atoms. The van der Waals surface area contributed by atoms with Gasteiger partial charge in [-0.3, -0.25) is 24.1 Å². The SMILES string of the molecule is O=C(CN(Cc1nc(-c2ccc(Cl)cc2)cs1)C(=O)CN1C(=O)C(=O)c2ccccc21)Nc1ccc2c(c1)OCO2. The van der Waals surface area contributed by atoms with E-state index in [4.69, 9.17) is 21.1 Å². The number of thiazole rings is 1. The molecule has 0 saturated carbocycles. The molecular formula is C29H21ClN4O6S. The Morgan fingerprint density at radius 2 is 1.80 bits per heavy atom. The van der Waals surface area contributed by atoms with Crippen LogP contribution in [-0.4, -0.2) is 53.3 Å². The van der Waals surface area contributed by atoms with Crippen LogP contribution >= 0.6 is 22.9 Å². The molecule has 0 saturated heterocycles. The fraction of sp³-hybridized carbons (Fsp3) is 0.138. The number of fused-ring (bicyclic) bond motifs is 2. The molecule has 41 heavy (non-hydrogen) atoms. The lowest BCUT2D eigenvalue weighted by molar-refractivity contribution is -0.134. The molecular weight excluding hydrogens is 568 g/mol. The van der Waals surface area contributed by atoms with Crippen LogP contribution in [0.1, 0.15) is 15.4 Å². The maximum Gasteiger partial charge on any atom is 0.299 e. The van der Waals surface area contributed by atoms with Crippen molar-refractivity contribution < 1.29 is 28.7 Å². The zero-order valence-electron chi connectivity index (χ0n) is 21.3. The van der Waals surface area contributed by atoms with Crippen molar-refractivity contribution in [3.8, 4) is 22.8 Å². The zero-order chi connectivity index (χ0) is 28.5. The van der Waals surface area contributed by atoms with E-state index in [1.165, 1.54) is 16.2 Å². The average molecular weight is 589 g/mol. The number of ether oxygens (including phenoxy) is 2. The normalized spacial score (nSPS) is 13.3. The monoisotopic (exact) mass is 588 g/mol. The minimum absolute atomic E-state index is 0.0171. The highest BCUT2D eigenvalue weighted by Crippen LogP contribution is 2.34. The highest BCUT2D eigenvalue weighted by Gasteiger charge is 2.37. The Balaban J connectivity index is 1.22. The van der Waals surface area contributed by atoms with Crippen molar-refractivity contribution in [2.45, 2.75) is 6.54 Å². The molecule has 0 spiro atoms. The Kier molecular flexibility index (Phi) is 7.12. The molecule has 10 nitrogen and oxygen atoms in total. The number of amides is 3. The molecule has 0 fully saturated rings. The predicted molar refractivity (Wildman–Crippen MR) is 152 cm³/mol. The Morgan fingerprint density at radius 1 is 1.02 bits per heavy atom. The van der Waals surface area contributed by atoms with Crippen LogP contribution in [0.15, 0.2) is 72.1 Å². The lowest BCUT2D eigenvalue weighted by Crippen LogP contribution is -2.45. The van der Waals surface area contributed by atoms with Crippen LogP contribution in [0.25, 0.3) is 11.3 Å². The largest absolute Gasteiger partial charge is 0.454 e. The Labute approximate surface area is 243 Å². The maximum absolute atomic E-state index is 13.6. The van der Waals surface area contributed by atoms with Gasteiger partial charge < -0.3 is 19.7 Å². The first-order valence-corrected chi connectivity index (χ1v) is 13.7. The number of para-hydroxylation sites is 1. The molecule has 2 aliphatic heterocycles. The van der Waals surface area contributed by atoms with Crippen LogP contribution in [0.3, 0.4) is 0 Å². The van der Waals surface area contributed by atoms with E-state index in [-0.39, 0.29) is 25.4 Å². The van der Waals surface area contributed by atoms with Crippen LogP contribution in [-0.2, 0) is 20.9 Å². The predicted octanol–water partition coefficient (Wildman–Crippen LogP) is 4.39. The Morgan fingerprint density at radius 3 is 2.63 bits per heavy atom. The van der Waals surface area contributed by atoms with Crippen LogP contribution in [0.2, 0.25) is 5.02 Å². The molecule has 0 radical (unpaired) electrons. The summed E-state index contributed by atoms with van der Waals surface area (Å²) >= 11 is 7.34. The second kappa shape index (κ2) is 11.0. The smallest absolute Gasteiger partial charge is 0.299 e. The minimum atomic E-state index is -0.788. The summed E-state index contributed by atoms with van der Waals surface area (Å²) in [6.07, 6.45) is 0. The van der Waals surface area contributed by atoms with E-state index in [2.05, 4.69) is 10.3 Å². The van der Waals surface area contributed by atoms with E-state index < -0.39 is 30.0 Å². The number of nitrogens with one attached hydrogen (secondary N) is 1. The van der Waals surface area contributed by atoms with Gasteiger partial charge in [0.05, 0.1) is 23.5 Å². The van der Waals surface area contributed by atoms with Crippen molar-refractivity contribution in [2.75, 3.05) is 30.1 Å². The molecule has 4 aromatic rings. The molecule has 3 amide bonds. The number of benzene rings is 3. The third-order valence-corrected chi connectivity index (χ3v) is 7.62. The van der Waals surface area contributed by atoms with E-state index in [1.807, 2.05) is 17.5 Å². The van der Waals surface area contributed by atoms with Crippen molar-refractivity contribution in [1.29, 1.82) is 0 Å². The van der Waals surface area contributed by atoms with Crippen LogP contribution in [0.5, 0.6) is 11.5 Å². The van der Waals surface area contributed by atoms with Crippen molar-refractivity contribution in [3.05, 3.63) is 87.7 Å². The van der Waals surface area contributed by atoms with E-state index in [9.17, 15) is 19.2 Å². The van der Waals surface area contributed by atoms with E-state index in [0.29, 0.717) is 38.6 Å². The van der Waals surface area contributed by atoms with Gasteiger partial charge >= 0.3 is 0 Å². The number of hydrogen-bond donors (Lipinski definition) is 1. The van der Waals surface area contributed by atoms with Crippen LogP contribution in [0.4, 0.5) is 11.4 Å². The van der Waals surface area contributed by atoms with Crippen molar-refractivity contribution in [1.82, 2.24) is 9.88 Å². The summed E-state index contributed by atoms with van der Waals surface area (Å²) in [4.78, 5) is 58.9. The molecule has 2 aliphatic rings. The highest BCUT2D eigenvalue weighted by molar-refractivity contribution is 7.09. The van der Waals surface area contributed by atoms with E-state index >= 15 is 0 Å². The number of hydrogen-bond acceptors (Lipinski definition) is 8. The van der Waals surface area contributed by atoms with Gasteiger partial charge in [0.1, 0.15) is 18.1 Å². The first kappa shape index (κ1) is 26.5. The van der Waals surface area contributed by atoms with E-state index in [0.717, 1.165) is 10.5 Å². The summed E-state index contributed by atoms with van der Waals surface area (Å²) in [5, 5.41) is 5.81. The number of aromatic nitrogens is 1. The zero-order valence-corrected chi connectivity index (χ0v) is 22.9. The quantitative estimate of drug-likeness (QED) is 0.303. The molecule has 0 unspecified atom stereocenters. The van der Waals surface area contributed by atoms with Crippen molar-refractivity contribution in [2.24, 2.45) is 0 Å². The fourth-order valence-corrected chi connectivity index (χ4v) is 5.46. The number of carbonyl (C=O) groups is 4. The third kappa shape index (κ3) is 5.49. The number of Topliss-reactive ketones (excluding diaryl/α,β-unsaturated/α-hetero) is 1. The molecule has 0 aliphatic carbocycles. The standard InChI is InChI=1S/C29H21ClN4O6S/c30-18-7-5-17(6-8-18)21-15-41-26(32-21)13-33(12-25(35)31-19-9-10-23-24(11-19)40-16-39-23)27(36)14-34-22-4-2-1-3-20(22)28(37)29(34)38/h1-11,15H,12-14,16H2,(H,31,35). The molecule has 3 heterocycles. The van der Waals surface area contributed by atoms with Gasteiger partial charge in [0.15, 0.2) is 11.5 Å². The second-order valence-electron chi connectivity index (χ2n) is 9.24. The number of halogens is 1. The van der Waals surface area contributed by atoms with E-state index in [1.54, 1.807) is 54.6 Å². The van der Waals surface area contributed by atoms with Crippen molar-refractivity contribution in [3.63, 3.8) is 0 Å². The highest BCUT2D eigenvalue weighted by atomic mass is 35.5. The Bertz CT molecular complexity index is 1690. The molecule has 12 heteroatoms. The van der Waals surface area contributed by atoms with Crippen molar-refractivity contribution >= 4 is 57.8 Å². The summed E-state index contributed by atoms with van der Waals surface area (Å²) < 4.78 is 10.7. The number of rotatable bonds is 8. The number of nitrogens with zero attached hydrogens (tertiary/aromatic N) is 3. The fourth-order valence-electron chi connectivity index (χ4n) is 4.52. The summed E-state index contributed by atoms with van der Waals surface area (Å²) in [5.74, 6) is -1.37. The van der Waals surface area contributed by atoms with Gasteiger partial charge in [0.25, 0.3) is 11.7 Å². The van der Waals surface area contributed by atoms with Gasteiger partial charge in [-0.15, -0.1) is 11.3 Å². The summed E-state index contributed by atoms with van der Waals surface area (Å²) in [6.45, 7) is -0.611. The summed E-state index contributed by atoms with van der Waals surface area (Å²) in [6, 6.07) is 18.7. The van der Waals surface area contributed by atoms with Gasteiger partial charge in [0.2, 0.25) is 18.6 Å². The molecule has 3 aromatic carbocycles. The molecule has 6 rings (SSSR count). The summed E-state index contributed by atoms with van der Waals surface area (Å²) in [7, 11) is 0. The topological polar surface area (TPSA) is 118 Å². The lowest BCUT2D eigenvalue weighted by Gasteiger charge is -2.24. The molecule has 0 atom stereocenters. The number of anilines is 2. The number of carbonyl (C=O) groups excluding carboxylic acids is 4. The Hall–Kier alpha value is -4.74. The van der Waals surface area contributed by atoms with Gasteiger partial charge in [-0.05, 0) is 36.4 Å². The van der Waals surface area contributed by atoms with Crippen LogP contribution < -0.4 is 19.7 Å². The summed E-state index contributed by atoms with van der Waals surface area (Å²) in [5.41, 5.74) is 2.63. The number of ketones is 1. The molecule has 206 valence electrons. The maximum atomic E-state index is 13.6. The third-order valence-electron chi connectivity index (χ3n) is 6.53. The molecule has 1 N–H and O–H groups in total. The first-order chi connectivity index (χ1) is 19.9. The van der Waals surface area contributed by atoms with Gasteiger partial charge in [-0.1, -0.05) is 35.9 Å². The first-order valence-electron chi connectivity index (χ1n) is 12.5. The second-order valence-corrected chi connectivity index (χ2v) is 10.6. The molecule has 1 aromatic heterocycles. The van der Waals surface area contributed by atoms with Gasteiger partial charge in [-0.25, -0.2) is 4.98 Å². The average Bonchev–Trinajstić information content (AvgIpc) is 3.69. The van der Waals surface area contributed by atoms with Gasteiger partial charge in [0, 0.05) is 27.7 Å².